The van der Waals surface area contributed by atoms with Gasteiger partial charge in [0, 0.05) is 23.3 Å². The predicted octanol–water partition coefficient (Wildman–Crippen LogP) is 1.10. The normalized spacial score (nSPS) is 11.9. The number of anilines is 1. The van der Waals surface area contributed by atoms with Gasteiger partial charge in [-0.1, -0.05) is 6.92 Å². The maximum Gasteiger partial charge on any atom is 0.260 e. The highest BCUT2D eigenvalue weighted by Gasteiger charge is 2.22. The molecular formula is C11H16N4O2S2. The molecule has 19 heavy (non-hydrogen) atoms. The number of nitrogen functional groups attached to an aromatic ring is 1. The molecule has 8 heteroatoms. The molecule has 2 aromatic rings. The molecule has 3 N–H and O–H groups in total. The summed E-state index contributed by atoms with van der Waals surface area (Å²) in [4.78, 5) is 5.98. The molecule has 0 saturated heterocycles. The number of hydrogen-bond donors (Lipinski definition) is 2. The number of aromatic nitrogens is 2. The first-order chi connectivity index (χ1) is 8.94. The number of rotatable bonds is 5. The Hall–Kier alpha value is -1.38. The second kappa shape index (κ2) is 5.32. The van der Waals surface area contributed by atoms with Crippen LogP contribution in [0.5, 0.6) is 0 Å². The average molecular weight is 300 g/mol. The zero-order valence-electron chi connectivity index (χ0n) is 10.8. The Bertz CT molecular complexity index is 653. The molecule has 0 fully saturated rings. The number of thiophene rings is 1. The molecule has 2 heterocycles. The lowest BCUT2D eigenvalue weighted by atomic mass is 10.4. The van der Waals surface area contributed by atoms with Gasteiger partial charge in [-0.3, -0.25) is 0 Å². The second-order valence-corrected chi connectivity index (χ2v) is 7.03. The predicted molar refractivity (Wildman–Crippen MR) is 75.3 cm³/mol. The van der Waals surface area contributed by atoms with E-state index in [2.05, 4.69) is 16.6 Å². The van der Waals surface area contributed by atoms with Crippen LogP contribution in [0.1, 0.15) is 16.7 Å². The van der Waals surface area contributed by atoms with Crippen molar-refractivity contribution < 1.29 is 8.42 Å². The van der Waals surface area contributed by atoms with E-state index in [1.54, 1.807) is 18.4 Å². The van der Waals surface area contributed by atoms with E-state index < -0.39 is 10.0 Å². The lowest BCUT2D eigenvalue weighted by Gasteiger charge is -2.06. The number of imidazole rings is 1. The Balaban J connectivity index is 2.14. The molecule has 0 atom stereocenters. The Labute approximate surface area is 116 Å². The van der Waals surface area contributed by atoms with Gasteiger partial charge in [-0.15, -0.1) is 11.3 Å². The molecular weight excluding hydrogens is 284 g/mol. The van der Waals surface area contributed by atoms with Gasteiger partial charge < -0.3 is 10.3 Å². The summed E-state index contributed by atoms with van der Waals surface area (Å²) in [5.74, 6) is 0.00965. The standard InChI is InChI=1S/C11H16N4O2S2/c1-3-8-4-5-9(18-8)6-14-19(16,17)11-10(12)13-7-15(11)2/h4-5,7,14H,3,6,12H2,1-2H3. The van der Waals surface area contributed by atoms with Crippen molar-refractivity contribution in [1.29, 1.82) is 0 Å². The molecule has 0 aromatic carbocycles. The van der Waals surface area contributed by atoms with E-state index >= 15 is 0 Å². The highest BCUT2D eigenvalue weighted by molar-refractivity contribution is 7.89. The summed E-state index contributed by atoms with van der Waals surface area (Å²) in [6, 6.07) is 3.94. The van der Waals surface area contributed by atoms with Crippen LogP contribution < -0.4 is 10.5 Å². The lowest BCUT2D eigenvalue weighted by Crippen LogP contribution is -2.25. The van der Waals surface area contributed by atoms with Crippen LogP contribution >= 0.6 is 11.3 Å². The van der Waals surface area contributed by atoms with Gasteiger partial charge >= 0.3 is 0 Å². The fraction of sp³-hybridized carbons (Fsp3) is 0.364. The average Bonchev–Trinajstić information content (AvgIpc) is 2.94. The van der Waals surface area contributed by atoms with Crippen molar-refractivity contribution in [2.45, 2.75) is 24.9 Å². The third-order valence-corrected chi connectivity index (χ3v) is 5.43. The first-order valence-corrected chi connectivity index (χ1v) is 8.08. The molecule has 0 bridgehead atoms. The quantitative estimate of drug-likeness (QED) is 0.865. The van der Waals surface area contributed by atoms with Crippen molar-refractivity contribution in [2.24, 2.45) is 7.05 Å². The minimum atomic E-state index is -3.64. The number of aryl methyl sites for hydroxylation is 2. The van der Waals surface area contributed by atoms with E-state index in [1.807, 2.05) is 12.1 Å². The Kier molecular flexibility index (Phi) is 3.93. The van der Waals surface area contributed by atoms with Gasteiger partial charge in [0.1, 0.15) is 0 Å². The van der Waals surface area contributed by atoms with Crippen molar-refractivity contribution in [2.75, 3.05) is 5.73 Å². The summed E-state index contributed by atoms with van der Waals surface area (Å²) < 4.78 is 28.2. The number of nitrogens with two attached hydrogens (primary N) is 1. The van der Waals surface area contributed by atoms with Gasteiger partial charge in [0.25, 0.3) is 10.0 Å². The number of nitrogens with zero attached hydrogens (tertiary/aromatic N) is 2. The summed E-state index contributed by atoms with van der Waals surface area (Å²) in [7, 11) is -2.05. The molecule has 6 nitrogen and oxygen atoms in total. The van der Waals surface area contributed by atoms with Gasteiger partial charge in [0.15, 0.2) is 10.8 Å². The molecule has 104 valence electrons. The smallest absolute Gasteiger partial charge is 0.260 e. The van der Waals surface area contributed by atoms with E-state index in [1.165, 1.54) is 15.8 Å². The van der Waals surface area contributed by atoms with Crippen molar-refractivity contribution in [3.8, 4) is 0 Å². The SMILES string of the molecule is CCc1ccc(CNS(=O)(=O)c2c(N)ncn2C)s1. The molecule has 2 aromatic heterocycles. The Morgan fingerprint density at radius 1 is 1.42 bits per heavy atom. The maximum atomic E-state index is 12.1. The minimum absolute atomic E-state index is 0.000212. The summed E-state index contributed by atoms with van der Waals surface area (Å²) in [6.45, 7) is 2.33. The lowest BCUT2D eigenvalue weighted by molar-refractivity contribution is 0.572. The molecule has 0 spiro atoms. The Morgan fingerprint density at radius 2 is 2.11 bits per heavy atom. The highest BCUT2D eigenvalue weighted by atomic mass is 32.2. The number of hydrogen-bond acceptors (Lipinski definition) is 5. The molecule has 2 rings (SSSR count). The van der Waals surface area contributed by atoms with E-state index in [9.17, 15) is 8.42 Å². The monoisotopic (exact) mass is 300 g/mol. The minimum Gasteiger partial charge on any atom is -0.381 e. The van der Waals surface area contributed by atoms with Crippen LogP contribution in [0.15, 0.2) is 23.5 Å². The molecule has 0 aliphatic rings. The molecule has 0 amide bonds. The largest absolute Gasteiger partial charge is 0.381 e. The van der Waals surface area contributed by atoms with Crippen molar-refractivity contribution in [3.05, 3.63) is 28.2 Å². The zero-order valence-corrected chi connectivity index (χ0v) is 12.4. The van der Waals surface area contributed by atoms with E-state index in [0.717, 1.165) is 11.3 Å². The highest BCUT2D eigenvalue weighted by Crippen LogP contribution is 2.19. The first-order valence-electron chi connectivity index (χ1n) is 5.78. The summed E-state index contributed by atoms with van der Waals surface area (Å²) in [6.07, 6.45) is 2.33. The van der Waals surface area contributed by atoms with Gasteiger partial charge in [-0.25, -0.2) is 18.1 Å². The van der Waals surface area contributed by atoms with Crippen molar-refractivity contribution in [1.82, 2.24) is 14.3 Å². The summed E-state index contributed by atoms with van der Waals surface area (Å²) >= 11 is 1.60. The third kappa shape index (κ3) is 2.96. The van der Waals surface area contributed by atoms with Crippen LogP contribution in [-0.4, -0.2) is 18.0 Å². The van der Waals surface area contributed by atoms with E-state index in [0.29, 0.717) is 0 Å². The van der Waals surface area contributed by atoms with Crippen molar-refractivity contribution >= 4 is 27.2 Å². The summed E-state index contributed by atoms with van der Waals surface area (Å²) in [5.41, 5.74) is 5.57. The van der Waals surface area contributed by atoms with Crippen LogP contribution in [-0.2, 0) is 30.0 Å². The van der Waals surface area contributed by atoms with Gasteiger partial charge in [0.05, 0.1) is 6.33 Å². The maximum absolute atomic E-state index is 12.1. The molecule has 0 unspecified atom stereocenters. The van der Waals surface area contributed by atoms with Gasteiger partial charge in [0.2, 0.25) is 0 Å². The number of nitrogens with one attached hydrogen (secondary N) is 1. The third-order valence-electron chi connectivity index (χ3n) is 2.67. The van der Waals surface area contributed by atoms with E-state index in [4.69, 9.17) is 5.73 Å². The van der Waals surface area contributed by atoms with Crippen LogP contribution in [0.25, 0.3) is 0 Å². The molecule has 0 saturated carbocycles. The van der Waals surface area contributed by atoms with Crippen molar-refractivity contribution in [3.63, 3.8) is 0 Å². The fourth-order valence-corrected chi connectivity index (χ4v) is 3.93. The first kappa shape index (κ1) is 14.0. The van der Waals surface area contributed by atoms with E-state index in [-0.39, 0.29) is 17.4 Å². The Morgan fingerprint density at radius 3 is 2.63 bits per heavy atom. The topological polar surface area (TPSA) is 90.0 Å². The second-order valence-electron chi connectivity index (χ2n) is 4.09. The van der Waals surface area contributed by atoms with Crippen LogP contribution in [0.3, 0.4) is 0 Å². The zero-order chi connectivity index (χ0) is 14.0. The number of sulfonamides is 1. The van der Waals surface area contributed by atoms with Crippen LogP contribution in [0.2, 0.25) is 0 Å². The molecule has 0 radical (unpaired) electrons. The van der Waals surface area contributed by atoms with Crippen LogP contribution in [0.4, 0.5) is 5.82 Å². The summed E-state index contributed by atoms with van der Waals surface area (Å²) in [5, 5.41) is -0.000212. The van der Waals surface area contributed by atoms with Gasteiger partial charge in [-0.2, -0.15) is 0 Å². The van der Waals surface area contributed by atoms with Gasteiger partial charge in [-0.05, 0) is 18.6 Å². The fourth-order valence-electron chi connectivity index (χ4n) is 1.71. The van der Waals surface area contributed by atoms with Crippen LogP contribution in [0, 0.1) is 0 Å². The molecule has 0 aliphatic carbocycles. The molecule has 0 aliphatic heterocycles.